The van der Waals surface area contributed by atoms with Gasteiger partial charge in [-0.05, 0) is 177 Å². The molecule has 0 radical (unpaired) electrons. The number of benzene rings is 4. The number of fused-ring (bicyclic) bond motifs is 9. The van der Waals surface area contributed by atoms with Gasteiger partial charge in [-0.1, -0.05) is 73.5 Å². The molecule has 4 aliphatic carbocycles. The minimum Gasteiger partial charge on any atom is -0.445 e. The summed E-state index contributed by atoms with van der Waals surface area (Å²) in [5.74, 6) is 1.53. The maximum atomic E-state index is 10.3. The van der Waals surface area contributed by atoms with Gasteiger partial charge in [0.25, 0.3) is 6.71 Å². The van der Waals surface area contributed by atoms with Crippen molar-refractivity contribution in [2.45, 2.75) is 114 Å². The Labute approximate surface area is 328 Å². The van der Waals surface area contributed by atoms with Gasteiger partial charge in [0, 0.05) is 39.0 Å². The molecule has 0 fully saturated rings. The summed E-state index contributed by atoms with van der Waals surface area (Å²) in [6, 6.07) is 10.7. The number of hydrogen-bond acceptors (Lipinski definition) is 3. The van der Waals surface area contributed by atoms with Crippen molar-refractivity contribution in [1.82, 2.24) is 0 Å². The van der Waals surface area contributed by atoms with Gasteiger partial charge in [-0.2, -0.15) is 0 Å². The largest absolute Gasteiger partial charge is 0.445 e. The van der Waals surface area contributed by atoms with Gasteiger partial charge in [-0.15, -0.1) is 0 Å². The van der Waals surface area contributed by atoms with Crippen molar-refractivity contribution in [1.29, 1.82) is 0 Å². The fourth-order valence-corrected chi connectivity index (χ4v) is 11.1. The summed E-state index contributed by atoms with van der Waals surface area (Å²) < 4.78 is 83.5. The first kappa shape index (κ1) is 25.0. The second kappa shape index (κ2) is 10.1. The van der Waals surface area contributed by atoms with Crippen LogP contribution in [-0.2, 0) is 51.4 Å². The number of anilines is 6. The Bertz CT molecular complexity index is 2850. The first-order valence-corrected chi connectivity index (χ1v) is 19.7. The van der Waals surface area contributed by atoms with E-state index in [1.807, 2.05) is 0 Å². The van der Waals surface area contributed by atoms with E-state index in [4.69, 9.17) is 8.53 Å². The van der Waals surface area contributed by atoms with E-state index in [-0.39, 0.29) is 57.1 Å². The highest BCUT2D eigenvalue weighted by Gasteiger charge is 2.50. The topological polar surface area (TPSA) is 19.6 Å². The molecule has 6 aliphatic rings. The minimum atomic E-state index is -2.54. The van der Waals surface area contributed by atoms with Crippen LogP contribution >= 0.6 is 0 Å². The van der Waals surface area contributed by atoms with Crippen LogP contribution < -0.4 is 26.2 Å². The van der Waals surface area contributed by atoms with Crippen LogP contribution in [0.2, 0.25) is 0 Å². The predicted octanol–water partition coefficient (Wildman–Crippen LogP) is 10.2. The van der Waals surface area contributed by atoms with Crippen LogP contribution in [0.1, 0.15) is 117 Å². The number of aryl methyl sites for hydroxylation is 1. The first-order chi connectivity index (χ1) is 28.4. The average molecular weight is 705 g/mol. The van der Waals surface area contributed by atoms with E-state index >= 15 is 0 Å². The van der Waals surface area contributed by atoms with E-state index in [1.54, 1.807) is 17.0 Å². The highest BCUT2D eigenvalue weighted by Crippen LogP contribution is 2.51. The third-order valence-corrected chi connectivity index (χ3v) is 13.1. The molecule has 1 aromatic heterocycles. The van der Waals surface area contributed by atoms with Crippen LogP contribution in [0.5, 0.6) is 0 Å². The van der Waals surface area contributed by atoms with Crippen LogP contribution in [-0.4, -0.2) is 6.71 Å². The van der Waals surface area contributed by atoms with Crippen molar-refractivity contribution in [3.05, 3.63) is 111 Å². The smallest absolute Gasteiger partial charge is 0.256 e. The molecule has 11 rings (SSSR count). The number of nitrogens with zero attached hydrogens (tertiary/aromatic N) is 2. The van der Waals surface area contributed by atoms with E-state index in [0.717, 1.165) is 70.3 Å². The summed E-state index contributed by atoms with van der Waals surface area (Å²) in [4.78, 5) is 3.89. The Balaban J connectivity index is 1.30. The summed E-state index contributed by atoms with van der Waals surface area (Å²) in [7, 11) is 0. The van der Waals surface area contributed by atoms with Gasteiger partial charge in [0.05, 0.1) is 6.85 Å². The number of furan rings is 1. The maximum Gasteiger partial charge on any atom is 0.256 e. The van der Waals surface area contributed by atoms with Gasteiger partial charge in [0.2, 0.25) is 0 Å². The Morgan fingerprint density at radius 3 is 1.94 bits per heavy atom. The summed E-state index contributed by atoms with van der Waals surface area (Å²) >= 11 is 0. The molecule has 4 aromatic carbocycles. The third-order valence-electron chi connectivity index (χ3n) is 13.1. The van der Waals surface area contributed by atoms with E-state index < -0.39 is 13.6 Å². The lowest BCUT2D eigenvalue weighted by atomic mass is 9.33. The van der Waals surface area contributed by atoms with Gasteiger partial charge in [0.1, 0.15) is 5.76 Å². The Morgan fingerprint density at radius 2 is 1.21 bits per heavy atom. The number of hydrogen-bond donors (Lipinski definition) is 0. The van der Waals surface area contributed by atoms with Crippen LogP contribution in [0.25, 0.3) is 0 Å². The van der Waals surface area contributed by atoms with Gasteiger partial charge in [0.15, 0.2) is 5.88 Å². The van der Waals surface area contributed by atoms with Crippen LogP contribution in [0, 0.1) is 28.5 Å². The molecule has 0 unspecified atom stereocenters. The van der Waals surface area contributed by atoms with Crippen LogP contribution in [0.3, 0.4) is 0 Å². The molecule has 0 saturated heterocycles. The lowest BCUT2D eigenvalue weighted by Gasteiger charge is -2.43. The molecule has 2 aliphatic heterocycles. The van der Waals surface area contributed by atoms with E-state index in [0.29, 0.717) is 65.7 Å². The van der Waals surface area contributed by atoms with E-state index in [9.17, 15) is 6.85 Å². The highest BCUT2D eigenvalue weighted by molar-refractivity contribution is 7.00. The maximum absolute atomic E-state index is 10.3. The van der Waals surface area contributed by atoms with Gasteiger partial charge in [-0.3, -0.25) is 4.90 Å². The zero-order valence-corrected chi connectivity index (χ0v) is 32.4. The molecule has 0 amide bonds. The molecule has 268 valence electrons. The molecule has 3 heterocycles. The highest BCUT2D eigenvalue weighted by atomic mass is 16.4. The van der Waals surface area contributed by atoms with Crippen molar-refractivity contribution in [3.8, 4) is 0 Å². The zero-order valence-electron chi connectivity index (χ0n) is 40.4. The van der Waals surface area contributed by atoms with Gasteiger partial charge < -0.3 is 9.32 Å². The predicted molar refractivity (Wildman–Crippen MR) is 222 cm³/mol. The molecule has 0 atom stereocenters. The molecule has 0 N–H and O–H groups in total. The van der Waals surface area contributed by atoms with E-state index in [2.05, 4.69) is 78.5 Å². The van der Waals surface area contributed by atoms with Crippen molar-refractivity contribution in [2.75, 3.05) is 9.80 Å². The second-order valence-corrected chi connectivity index (χ2v) is 20.4. The summed E-state index contributed by atoms with van der Waals surface area (Å²) in [6.45, 7) is 14.6. The third kappa shape index (κ3) is 4.72. The quantitative estimate of drug-likeness (QED) is 0.167. The van der Waals surface area contributed by atoms with Crippen LogP contribution in [0.15, 0.2) is 65.0 Å². The lowest BCUT2D eigenvalue weighted by Crippen LogP contribution is -2.62. The van der Waals surface area contributed by atoms with E-state index in [1.165, 1.54) is 11.1 Å². The van der Waals surface area contributed by atoms with Crippen molar-refractivity contribution in [2.24, 2.45) is 21.7 Å². The summed E-state index contributed by atoms with van der Waals surface area (Å²) in [5.41, 5.74) is 11.4. The molecule has 3 nitrogen and oxygen atoms in total. The Morgan fingerprint density at radius 1 is 0.585 bits per heavy atom. The summed E-state index contributed by atoms with van der Waals surface area (Å²) in [5, 5.41) is 0. The van der Waals surface area contributed by atoms with Gasteiger partial charge in [-0.25, -0.2) is 0 Å². The molecular weight excluding hydrogens is 643 g/mol. The molecule has 0 spiro atoms. The van der Waals surface area contributed by atoms with Crippen molar-refractivity contribution >= 4 is 57.4 Å². The molecule has 4 heteroatoms. The first-order valence-electron chi connectivity index (χ1n) is 23.7. The molecule has 0 saturated carbocycles. The standard InChI is InChI=1S/C49H53BN2O/c1-28-14-40-44-41(15-28)52(36-13-11-30-21-47(4,5)23-32(30)17-36)45-43(37-26-49(8,9)27-42(37)53-45)50(44)38-18-33-24-48(6,7)25-34(33)19-39(38)51(40)35-12-10-29-20-46(2,3)22-31(29)16-35/h10-19H,20-27H2,1-9H3/i1D3,10D,12D,16D,18D,19D. The fourth-order valence-electron chi connectivity index (χ4n) is 11.1. The minimum absolute atomic E-state index is 0.0656. The molecule has 0 bridgehead atoms. The second-order valence-electron chi connectivity index (χ2n) is 20.4. The van der Waals surface area contributed by atoms with Crippen molar-refractivity contribution in [3.63, 3.8) is 0 Å². The SMILES string of the molecule is [2H]c1c([2H])c(N2c3cc(C([2H])([2H])[2H])cc4c3B(c3c(oc5c3CC(C)(C)C5)N4c3ccc4c(c3)CC(C)(C)C4)c3c([2H])c4c(c([2H])c32)CC(C)(C)C4)c([2H])c2c1CC(C)(C)C2. The Kier molecular flexibility index (Phi) is 4.77. The zero-order chi connectivity index (χ0) is 43.4. The normalized spacial score (nSPS) is 23.6. The van der Waals surface area contributed by atoms with Gasteiger partial charge >= 0.3 is 0 Å². The summed E-state index contributed by atoms with van der Waals surface area (Å²) in [6.07, 6.45) is 5.77. The molecular formula is C49H53BN2O. The van der Waals surface area contributed by atoms with Crippen LogP contribution in [0.4, 0.5) is 34.3 Å². The lowest BCUT2D eigenvalue weighted by molar-refractivity contribution is 0.367. The molecule has 5 aromatic rings. The average Bonchev–Trinajstić information content (AvgIpc) is 3.92. The number of rotatable bonds is 2. The Hall–Kier alpha value is -4.18. The monoisotopic (exact) mass is 704 g/mol. The fraction of sp³-hybridized carbons (Fsp3) is 0.429. The van der Waals surface area contributed by atoms with Crippen molar-refractivity contribution < 1.29 is 15.4 Å². The molecule has 53 heavy (non-hydrogen) atoms.